The summed E-state index contributed by atoms with van der Waals surface area (Å²) in [6.45, 7) is 0.818. The number of nitrogens with zero attached hydrogens (tertiary/aromatic N) is 3. The molecule has 2 saturated heterocycles. The van der Waals surface area contributed by atoms with E-state index in [1.807, 2.05) is 0 Å². The molecule has 4 rings (SSSR count). The number of fused-ring (bicyclic) bond motifs is 2. The quantitative estimate of drug-likeness (QED) is 0.925. The molecule has 3 fully saturated rings. The second-order valence-electron chi connectivity index (χ2n) is 6.88. The van der Waals surface area contributed by atoms with Crippen LogP contribution in [-0.2, 0) is 11.3 Å². The van der Waals surface area contributed by atoms with Crippen LogP contribution in [0.3, 0.4) is 0 Å². The Morgan fingerprint density at radius 1 is 1.24 bits per heavy atom. The lowest BCUT2D eigenvalue weighted by Crippen LogP contribution is -2.32. The third-order valence-electron chi connectivity index (χ3n) is 5.71. The van der Waals surface area contributed by atoms with Gasteiger partial charge in [0.15, 0.2) is 0 Å². The monoisotopic (exact) mass is 289 g/mol. The van der Waals surface area contributed by atoms with Crippen molar-refractivity contribution in [2.45, 2.75) is 69.6 Å². The van der Waals surface area contributed by atoms with Gasteiger partial charge in [-0.3, -0.25) is 14.4 Å². The maximum absolute atomic E-state index is 11.3. The summed E-state index contributed by atoms with van der Waals surface area (Å²) in [7, 11) is 0. The molecule has 2 bridgehead atoms. The summed E-state index contributed by atoms with van der Waals surface area (Å²) in [4.78, 5) is 13.7. The first-order chi connectivity index (χ1) is 10.2. The molecule has 1 saturated carbocycles. The first-order valence-electron chi connectivity index (χ1n) is 8.25. The van der Waals surface area contributed by atoms with Crippen LogP contribution in [0.15, 0.2) is 12.3 Å². The molecule has 3 unspecified atom stereocenters. The van der Waals surface area contributed by atoms with E-state index in [1.54, 1.807) is 0 Å². The van der Waals surface area contributed by atoms with Crippen molar-refractivity contribution < 1.29 is 9.90 Å². The molecule has 0 radical (unpaired) electrons. The van der Waals surface area contributed by atoms with Gasteiger partial charge in [0, 0.05) is 24.8 Å². The Bertz CT molecular complexity index is 535. The lowest BCUT2D eigenvalue weighted by Gasteiger charge is -2.21. The van der Waals surface area contributed by atoms with Crippen molar-refractivity contribution in [1.82, 2.24) is 14.7 Å². The fourth-order valence-electron chi connectivity index (χ4n) is 4.63. The summed E-state index contributed by atoms with van der Waals surface area (Å²) in [6.07, 6.45) is 10.2. The normalized spacial score (nSPS) is 33.0. The van der Waals surface area contributed by atoms with Crippen LogP contribution in [0, 0.1) is 5.92 Å². The van der Waals surface area contributed by atoms with E-state index in [0.717, 1.165) is 31.5 Å². The van der Waals surface area contributed by atoms with Crippen LogP contribution in [0.5, 0.6) is 0 Å². The molecule has 3 atom stereocenters. The summed E-state index contributed by atoms with van der Waals surface area (Å²) in [5.74, 6) is -0.788. The Balaban J connectivity index is 1.45. The predicted octanol–water partition coefficient (Wildman–Crippen LogP) is 2.44. The lowest BCUT2D eigenvalue weighted by atomic mass is 9.89. The number of carbonyl (C=O) groups is 1. The van der Waals surface area contributed by atoms with Gasteiger partial charge in [0.05, 0.1) is 17.7 Å². The average molecular weight is 289 g/mol. The number of aliphatic carboxylic acids is 1. The maximum Gasteiger partial charge on any atom is 0.308 e. The molecule has 1 aromatic rings. The number of carboxylic acid groups (broad SMARTS) is 1. The summed E-state index contributed by atoms with van der Waals surface area (Å²) < 4.78 is 2.13. The van der Waals surface area contributed by atoms with Gasteiger partial charge in [0.25, 0.3) is 0 Å². The third-order valence-corrected chi connectivity index (χ3v) is 5.71. The number of aromatic nitrogens is 2. The van der Waals surface area contributed by atoms with E-state index in [-0.39, 0.29) is 12.0 Å². The fourth-order valence-corrected chi connectivity index (χ4v) is 4.63. The predicted molar refractivity (Wildman–Crippen MR) is 77.8 cm³/mol. The summed E-state index contributed by atoms with van der Waals surface area (Å²) >= 11 is 0. The third kappa shape index (κ3) is 2.27. The van der Waals surface area contributed by atoms with Gasteiger partial charge >= 0.3 is 5.97 Å². The highest BCUT2D eigenvalue weighted by Gasteiger charge is 2.49. The highest BCUT2D eigenvalue weighted by Crippen LogP contribution is 2.42. The standard InChI is InChI=1S/C16H23N3O2/c20-16(21)14-9-13-5-6-15(14)18(13)10-11-7-8-19(17-11)12-3-1-2-4-12/h7-8,12-15H,1-6,9-10H2,(H,20,21). The SMILES string of the molecule is O=C(O)C1CC2CCC1N2Cc1ccn(C2CCCC2)n1. The zero-order valence-electron chi connectivity index (χ0n) is 12.3. The van der Waals surface area contributed by atoms with E-state index in [9.17, 15) is 9.90 Å². The number of carboxylic acids is 1. The summed E-state index contributed by atoms with van der Waals surface area (Å²) in [6, 6.07) is 3.38. The van der Waals surface area contributed by atoms with E-state index in [4.69, 9.17) is 5.10 Å². The molecule has 0 aromatic carbocycles. The number of hydrogen-bond acceptors (Lipinski definition) is 3. The van der Waals surface area contributed by atoms with Gasteiger partial charge in [-0.25, -0.2) is 0 Å². The van der Waals surface area contributed by atoms with Crippen LogP contribution < -0.4 is 0 Å². The highest BCUT2D eigenvalue weighted by molar-refractivity contribution is 5.71. The maximum atomic E-state index is 11.3. The van der Waals surface area contributed by atoms with Crippen molar-refractivity contribution in [3.05, 3.63) is 18.0 Å². The van der Waals surface area contributed by atoms with Gasteiger partial charge in [-0.2, -0.15) is 5.10 Å². The molecule has 5 nitrogen and oxygen atoms in total. The van der Waals surface area contributed by atoms with Crippen LogP contribution >= 0.6 is 0 Å². The molecule has 0 spiro atoms. The van der Waals surface area contributed by atoms with Crippen molar-refractivity contribution >= 4 is 5.97 Å². The van der Waals surface area contributed by atoms with Crippen molar-refractivity contribution in [1.29, 1.82) is 0 Å². The van der Waals surface area contributed by atoms with Crippen molar-refractivity contribution in [3.63, 3.8) is 0 Å². The van der Waals surface area contributed by atoms with Crippen LogP contribution in [0.2, 0.25) is 0 Å². The molecule has 1 aromatic heterocycles. The van der Waals surface area contributed by atoms with Gasteiger partial charge in [0.2, 0.25) is 0 Å². The minimum atomic E-state index is -0.622. The first kappa shape index (κ1) is 13.3. The number of rotatable bonds is 4. The molecule has 1 aliphatic carbocycles. The van der Waals surface area contributed by atoms with E-state index in [1.165, 1.54) is 25.7 Å². The minimum Gasteiger partial charge on any atom is -0.481 e. The largest absolute Gasteiger partial charge is 0.481 e. The van der Waals surface area contributed by atoms with Crippen LogP contribution in [0.4, 0.5) is 0 Å². The van der Waals surface area contributed by atoms with Crippen LogP contribution in [0.1, 0.15) is 56.7 Å². The zero-order chi connectivity index (χ0) is 14.4. The number of hydrogen-bond donors (Lipinski definition) is 1. The minimum absolute atomic E-state index is 0.166. The van der Waals surface area contributed by atoms with Crippen LogP contribution in [0.25, 0.3) is 0 Å². The van der Waals surface area contributed by atoms with Crippen molar-refractivity contribution in [2.75, 3.05) is 0 Å². The van der Waals surface area contributed by atoms with E-state index >= 15 is 0 Å². The van der Waals surface area contributed by atoms with Crippen molar-refractivity contribution in [3.8, 4) is 0 Å². The topological polar surface area (TPSA) is 58.4 Å². The fraction of sp³-hybridized carbons (Fsp3) is 0.750. The molecular weight excluding hydrogens is 266 g/mol. The second kappa shape index (κ2) is 5.13. The molecule has 5 heteroatoms. The van der Waals surface area contributed by atoms with Gasteiger partial charge < -0.3 is 5.11 Å². The molecule has 0 amide bonds. The van der Waals surface area contributed by atoms with E-state index in [0.29, 0.717) is 12.1 Å². The molecule has 3 aliphatic rings. The molecule has 3 heterocycles. The first-order valence-corrected chi connectivity index (χ1v) is 8.25. The van der Waals surface area contributed by atoms with Crippen molar-refractivity contribution in [2.24, 2.45) is 5.92 Å². The molecule has 21 heavy (non-hydrogen) atoms. The molecule has 114 valence electrons. The Morgan fingerprint density at radius 3 is 2.76 bits per heavy atom. The van der Waals surface area contributed by atoms with Gasteiger partial charge in [-0.1, -0.05) is 12.8 Å². The summed E-state index contributed by atoms with van der Waals surface area (Å²) in [5.41, 5.74) is 1.10. The van der Waals surface area contributed by atoms with Gasteiger partial charge in [0.1, 0.15) is 0 Å². The van der Waals surface area contributed by atoms with E-state index in [2.05, 4.69) is 21.8 Å². The Hall–Kier alpha value is -1.36. The van der Waals surface area contributed by atoms with E-state index < -0.39 is 5.97 Å². The highest BCUT2D eigenvalue weighted by atomic mass is 16.4. The molecular formula is C16H23N3O2. The Kier molecular flexibility index (Phi) is 3.25. The van der Waals surface area contributed by atoms with Gasteiger partial charge in [-0.15, -0.1) is 0 Å². The Labute approximate surface area is 124 Å². The summed E-state index contributed by atoms with van der Waals surface area (Å²) in [5, 5.41) is 14.1. The Morgan fingerprint density at radius 2 is 2.05 bits per heavy atom. The molecule has 2 aliphatic heterocycles. The second-order valence-corrected chi connectivity index (χ2v) is 6.88. The molecule has 1 N–H and O–H groups in total. The lowest BCUT2D eigenvalue weighted by molar-refractivity contribution is -0.142. The zero-order valence-corrected chi connectivity index (χ0v) is 12.3. The average Bonchev–Trinajstić information content (AvgIpc) is 3.22. The van der Waals surface area contributed by atoms with Crippen LogP contribution in [-0.4, -0.2) is 37.8 Å². The van der Waals surface area contributed by atoms with Gasteiger partial charge in [-0.05, 0) is 38.2 Å². The smallest absolute Gasteiger partial charge is 0.308 e.